The lowest BCUT2D eigenvalue weighted by Gasteiger charge is -2.22. The van der Waals surface area contributed by atoms with Gasteiger partial charge in [0.05, 0.1) is 19.4 Å². The van der Waals surface area contributed by atoms with Crippen molar-refractivity contribution in [1.29, 1.82) is 0 Å². The summed E-state index contributed by atoms with van der Waals surface area (Å²) in [6, 6.07) is 0. The number of nitrogens with zero attached hydrogens (tertiary/aromatic N) is 2. The second-order valence-electron chi connectivity index (χ2n) is 5.67. The highest BCUT2D eigenvalue weighted by atomic mass is 16.5. The molecule has 0 unspecified atom stereocenters. The molecule has 1 N–H and O–H groups in total. The number of hydrogen-bond acceptors (Lipinski definition) is 4. The van der Waals surface area contributed by atoms with Crippen molar-refractivity contribution in [2.24, 2.45) is 5.92 Å². The molecule has 1 aromatic heterocycles. The van der Waals surface area contributed by atoms with E-state index >= 15 is 0 Å². The Morgan fingerprint density at radius 3 is 2.68 bits per heavy atom. The van der Waals surface area contributed by atoms with Gasteiger partial charge in [-0.25, -0.2) is 9.97 Å². The molecule has 0 atom stereocenters. The first-order valence-corrected chi connectivity index (χ1v) is 7.30. The van der Waals surface area contributed by atoms with Crippen LogP contribution in [0.4, 0.5) is 0 Å². The predicted octanol–water partition coefficient (Wildman–Crippen LogP) is 3.05. The quantitative estimate of drug-likeness (QED) is 0.888. The van der Waals surface area contributed by atoms with Crippen molar-refractivity contribution in [2.45, 2.75) is 58.5 Å². The minimum absolute atomic E-state index is 0.0950. The Morgan fingerprint density at radius 1 is 1.32 bits per heavy atom. The molecule has 4 nitrogen and oxygen atoms in total. The molecule has 1 saturated carbocycles. The molecule has 0 spiro atoms. The Hall–Kier alpha value is -1.16. The first-order valence-electron chi connectivity index (χ1n) is 7.30. The van der Waals surface area contributed by atoms with Gasteiger partial charge in [-0.15, -0.1) is 0 Å². The normalized spacial score (nSPS) is 16.8. The maximum absolute atomic E-state index is 9.39. The van der Waals surface area contributed by atoms with Gasteiger partial charge in [0.15, 0.2) is 5.75 Å². The fourth-order valence-corrected chi connectivity index (χ4v) is 2.49. The molecule has 0 bridgehead atoms. The Labute approximate surface area is 115 Å². The zero-order valence-corrected chi connectivity index (χ0v) is 11.9. The summed E-state index contributed by atoms with van der Waals surface area (Å²) >= 11 is 0. The molecule has 1 aromatic rings. The second-order valence-corrected chi connectivity index (χ2v) is 5.67. The van der Waals surface area contributed by atoms with Crippen LogP contribution in [0.15, 0.2) is 6.20 Å². The molecule has 1 aliphatic rings. The van der Waals surface area contributed by atoms with Crippen LogP contribution in [0, 0.1) is 5.92 Å². The smallest absolute Gasteiger partial charge is 0.161 e. The van der Waals surface area contributed by atoms with E-state index in [4.69, 9.17) is 4.74 Å². The van der Waals surface area contributed by atoms with E-state index < -0.39 is 0 Å². The average Bonchev–Trinajstić information content (AvgIpc) is 2.45. The molecule has 0 aliphatic heterocycles. The summed E-state index contributed by atoms with van der Waals surface area (Å²) in [7, 11) is 0. The fraction of sp³-hybridized carbons (Fsp3) is 0.733. The van der Waals surface area contributed by atoms with Crippen molar-refractivity contribution in [2.75, 3.05) is 6.61 Å². The molecule has 106 valence electrons. The van der Waals surface area contributed by atoms with E-state index in [0.717, 1.165) is 12.4 Å². The van der Waals surface area contributed by atoms with E-state index in [1.807, 2.05) is 13.8 Å². The highest BCUT2D eigenvalue weighted by Crippen LogP contribution is 2.25. The third-order valence-electron chi connectivity index (χ3n) is 3.71. The minimum atomic E-state index is -0.0950. The average molecular weight is 264 g/mol. The van der Waals surface area contributed by atoms with Crippen molar-refractivity contribution < 1.29 is 9.84 Å². The van der Waals surface area contributed by atoms with Gasteiger partial charge >= 0.3 is 0 Å². The van der Waals surface area contributed by atoms with E-state index in [9.17, 15) is 5.11 Å². The summed E-state index contributed by atoms with van der Waals surface area (Å²) in [5.74, 6) is 2.30. The highest BCUT2D eigenvalue weighted by Gasteiger charge is 2.16. The molecule has 19 heavy (non-hydrogen) atoms. The van der Waals surface area contributed by atoms with E-state index in [1.165, 1.54) is 32.1 Å². The summed E-state index contributed by atoms with van der Waals surface area (Å²) in [5.41, 5.74) is 0.606. The van der Waals surface area contributed by atoms with Crippen LogP contribution in [0.3, 0.4) is 0 Å². The largest absolute Gasteiger partial charge is 0.490 e. The number of aliphatic hydroxyl groups is 1. The van der Waals surface area contributed by atoms with Crippen LogP contribution < -0.4 is 4.74 Å². The Morgan fingerprint density at radius 2 is 2.05 bits per heavy atom. The molecule has 1 fully saturated rings. The highest BCUT2D eigenvalue weighted by molar-refractivity contribution is 5.24. The maximum Gasteiger partial charge on any atom is 0.161 e. The molecule has 0 amide bonds. The molecule has 1 aliphatic carbocycles. The SMILES string of the molecule is CC(C)c1ncc(OCC2CCCCC2)c(CO)n1. The summed E-state index contributed by atoms with van der Waals surface area (Å²) < 4.78 is 5.82. The van der Waals surface area contributed by atoms with E-state index in [-0.39, 0.29) is 12.5 Å². The van der Waals surface area contributed by atoms with Gasteiger partial charge < -0.3 is 9.84 Å². The number of ether oxygens (including phenoxy) is 1. The van der Waals surface area contributed by atoms with Crippen LogP contribution in [0.1, 0.15) is 63.4 Å². The van der Waals surface area contributed by atoms with Crippen molar-refractivity contribution in [3.05, 3.63) is 17.7 Å². The Bertz CT molecular complexity index is 401. The van der Waals surface area contributed by atoms with Crippen LogP contribution in [0.5, 0.6) is 5.75 Å². The Balaban J connectivity index is 1.98. The van der Waals surface area contributed by atoms with Crippen LogP contribution in [-0.4, -0.2) is 21.7 Å². The lowest BCUT2D eigenvalue weighted by atomic mass is 9.90. The number of hydrogen-bond donors (Lipinski definition) is 1. The van der Waals surface area contributed by atoms with Crippen LogP contribution in [0.25, 0.3) is 0 Å². The number of aromatic nitrogens is 2. The third-order valence-corrected chi connectivity index (χ3v) is 3.71. The summed E-state index contributed by atoms with van der Waals surface area (Å²) in [5, 5.41) is 9.39. The minimum Gasteiger partial charge on any atom is -0.490 e. The van der Waals surface area contributed by atoms with Gasteiger partial charge in [0.25, 0.3) is 0 Å². The molecule has 1 heterocycles. The summed E-state index contributed by atoms with van der Waals surface area (Å²) in [6.07, 6.45) is 8.17. The zero-order chi connectivity index (χ0) is 13.7. The topological polar surface area (TPSA) is 55.2 Å². The van der Waals surface area contributed by atoms with E-state index in [2.05, 4.69) is 9.97 Å². The van der Waals surface area contributed by atoms with Crippen molar-refractivity contribution in [3.63, 3.8) is 0 Å². The van der Waals surface area contributed by atoms with Crippen molar-refractivity contribution in [3.8, 4) is 5.75 Å². The molecule has 0 saturated heterocycles. The number of rotatable bonds is 5. The van der Waals surface area contributed by atoms with Crippen LogP contribution in [-0.2, 0) is 6.61 Å². The van der Waals surface area contributed by atoms with Crippen molar-refractivity contribution >= 4 is 0 Å². The van der Waals surface area contributed by atoms with E-state index in [0.29, 0.717) is 17.4 Å². The molecule has 4 heteroatoms. The summed E-state index contributed by atoms with van der Waals surface area (Å²) in [6.45, 7) is 4.71. The first kappa shape index (κ1) is 14.3. The maximum atomic E-state index is 9.39. The van der Waals surface area contributed by atoms with Gasteiger partial charge in [-0.1, -0.05) is 33.1 Å². The third kappa shape index (κ3) is 3.90. The Kier molecular flexibility index (Phi) is 5.14. The summed E-state index contributed by atoms with van der Waals surface area (Å²) in [4.78, 5) is 8.67. The number of aliphatic hydroxyl groups excluding tert-OH is 1. The molecule has 2 rings (SSSR count). The van der Waals surface area contributed by atoms with Crippen LogP contribution in [0.2, 0.25) is 0 Å². The van der Waals surface area contributed by atoms with Gasteiger partial charge in [-0.05, 0) is 18.8 Å². The van der Waals surface area contributed by atoms with Gasteiger partial charge in [0.2, 0.25) is 0 Å². The van der Waals surface area contributed by atoms with Gasteiger partial charge in [-0.3, -0.25) is 0 Å². The lowest BCUT2D eigenvalue weighted by molar-refractivity contribution is 0.198. The van der Waals surface area contributed by atoms with Gasteiger partial charge in [0, 0.05) is 5.92 Å². The monoisotopic (exact) mass is 264 g/mol. The predicted molar refractivity (Wildman–Crippen MR) is 74.1 cm³/mol. The van der Waals surface area contributed by atoms with Gasteiger partial charge in [0.1, 0.15) is 11.5 Å². The van der Waals surface area contributed by atoms with Crippen LogP contribution >= 0.6 is 0 Å². The van der Waals surface area contributed by atoms with Crippen molar-refractivity contribution in [1.82, 2.24) is 9.97 Å². The van der Waals surface area contributed by atoms with Gasteiger partial charge in [-0.2, -0.15) is 0 Å². The fourth-order valence-electron chi connectivity index (χ4n) is 2.49. The molecule has 0 radical (unpaired) electrons. The first-order chi connectivity index (χ1) is 9.20. The molecular weight excluding hydrogens is 240 g/mol. The molecular formula is C15H24N2O2. The lowest BCUT2D eigenvalue weighted by Crippen LogP contribution is -2.16. The standard InChI is InChI=1S/C15H24N2O2/c1-11(2)15-16-8-14(13(9-18)17-15)19-10-12-6-4-3-5-7-12/h8,11-12,18H,3-7,9-10H2,1-2H3. The molecule has 0 aromatic carbocycles. The van der Waals surface area contributed by atoms with E-state index in [1.54, 1.807) is 6.20 Å². The zero-order valence-electron chi connectivity index (χ0n) is 11.9. The second kappa shape index (κ2) is 6.85.